The highest BCUT2D eigenvalue weighted by Gasteiger charge is 1.98. The first-order valence-corrected chi connectivity index (χ1v) is 19.0. The van der Waals surface area contributed by atoms with Gasteiger partial charge < -0.3 is 67.4 Å². The number of hydrogen-bond donors (Lipinski definition) is 3. The van der Waals surface area contributed by atoms with E-state index in [4.69, 9.17) is 67.4 Å². The standard InChI is InChI=1S/C24H50O13.C12H24O2/c25-1-3-27-5-7-29-9-11-31-13-15-33-17-19-35-21-23-37-24-22-36-20-18-34-16-14-32-12-10-30-8-6-28-4-2-26;1-2-3-4-5-6-7-8-9-10-11-12(13)14/h25-26H,1-24H2;2-11H2,1H3,(H,13,14). The molecule has 3 N–H and O–H groups in total. The summed E-state index contributed by atoms with van der Waals surface area (Å²) < 4.78 is 58.7. The predicted molar refractivity (Wildman–Crippen MR) is 193 cm³/mol. The molecule has 0 spiro atoms. The van der Waals surface area contributed by atoms with Gasteiger partial charge in [0.2, 0.25) is 0 Å². The Bertz CT molecular complexity index is 585. The Hall–Kier alpha value is -1.05. The molecular weight excluding hydrogens is 672 g/mol. The van der Waals surface area contributed by atoms with E-state index >= 15 is 0 Å². The van der Waals surface area contributed by atoms with Crippen LogP contribution >= 0.6 is 0 Å². The maximum absolute atomic E-state index is 10.2. The van der Waals surface area contributed by atoms with Gasteiger partial charge in [0.15, 0.2) is 0 Å². The summed E-state index contributed by atoms with van der Waals surface area (Å²) in [5.74, 6) is -0.659. The van der Waals surface area contributed by atoms with Gasteiger partial charge in [-0.15, -0.1) is 0 Å². The average molecular weight is 747 g/mol. The second kappa shape index (κ2) is 51.1. The van der Waals surface area contributed by atoms with Gasteiger partial charge in [-0.25, -0.2) is 0 Å². The number of aliphatic carboxylic acids is 1. The van der Waals surface area contributed by atoms with Crippen LogP contribution in [0.15, 0.2) is 0 Å². The Labute approximate surface area is 307 Å². The number of carboxylic acid groups (broad SMARTS) is 1. The van der Waals surface area contributed by atoms with Gasteiger partial charge in [0.1, 0.15) is 0 Å². The molecule has 0 saturated heterocycles. The van der Waals surface area contributed by atoms with E-state index in [-0.39, 0.29) is 13.2 Å². The number of rotatable bonds is 44. The van der Waals surface area contributed by atoms with Crippen LogP contribution in [-0.2, 0) is 56.9 Å². The summed E-state index contributed by atoms with van der Waals surface area (Å²) >= 11 is 0. The van der Waals surface area contributed by atoms with E-state index in [0.717, 1.165) is 12.8 Å². The first-order valence-electron chi connectivity index (χ1n) is 19.0. The summed E-state index contributed by atoms with van der Waals surface area (Å²) in [5, 5.41) is 25.5. The molecule has 0 atom stereocenters. The van der Waals surface area contributed by atoms with E-state index < -0.39 is 5.97 Å². The van der Waals surface area contributed by atoms with E-state index in [0.29, 0.717) is 152 Å². The van der Waals surface area contributed by atoms with Crippen molar-refractivity contribution in [2.24, 2.45) is 0 Å². The van der Waals surface area contributed by atoms with E-state index in [1.165, 1.54) is 44.9 Å². The van der Waals surface area contributed by atoms with Gasteiger partial charge in [0, 0.05) is 6.42 Å². The fourth-order valence-corrected chi connectivity index (χ4v) is 4.02. The minimum Gasteiger partial charge on any atom is -0.481 e. The van der Waals surface area contributed by atoms with Gasteiger partial charge in [-0.2, -0.15) is 0 Å². The maximum Gasteiger partial charge on any atom is 0.303 e. The summed E-state index contributed by atoms with van der Waals surface area (Å²) in [6.07, 6.45) is 11.5. The van der Waals surface area contributed by atoms with Gasteiger partial charge in [-0.05, 0) is 6.42 Å². The molecule has 51 heavy (non-hydrogen) atoms. The van der Waals surface area contributed by atoms with Crippen molar-refractivity contribution in [1.29, 1.82) is 0 Å². The third kappa shape index (κ3) is 55.9. The number of hydrogen-bond acceptors (Lipinski definition) is 14. The zero-order chi connectivity index (χ0) is 37.4. The van der Waals surface area contributed by atoms with Crippen LogP contribution in [0.5, 0.6) is 0 Å². The van der Waals surface area contributed by atoms with E-state index in [1.807, 2.05) is 0 Å². The second-order valence-corrected chi connectivity index (χ2v) is 11.2. The maximum atomic E-state index is 10.2. The molecular formula is C36H74O15. The molecule has 15 nitrogen and oxygen atoms in total. The summed E-state index contributed by atoms with van der Waals surface area (Å²) in [6, 6.07) is 0. The molecule has 0 aliphatic rings. The highest BCUT2D eigenvalue weighted by molar-refractivity contribution is 5.66. The number of ether oxygens (including phenoxy) is 11. The number of aliphatic hydroxyl groups excluding tert-OH is 2. The quantitative estimate of drug-likeness (QED) is 0.0774. The first kappa shape index (κ1) is 52.1. The van der Waals surface area contributed by atoms with E-state index in [1.54, 1.807) is 0 Å². The molecule has 0 heterocycles. The first-order chi connectivity index (χ1) is 25.2. The summed E-state index contributed by atoms with van der Waals surface area (Å²) in [7, 11) is 0. The second-order valence-electron chi connectivity index (χ2n) is 11.2. The van der Waals surface area contributed by atoms with Gasteiger partial charge in [-0.1, -0.05) is 58.3 Å². The van der Waals surface area contributed by atoms with Crippen LogP contribution in [0.3, 0.4) is 0 Å². The molecule has 0 saturated carbocycles. The van der Waals surface area contributed by atoms with Crippen LogP contribution in [-0.4, -0.2) is 180 Å². The Morgan fingerprint density at radius 3 is 0.725 bits per heavy atom. The molecule has 0 fully saturated rings. The van der Waals surface area contributed by atoms with Crippen molar-refractivity contribution in [2.45, 2.75) is 71.1 Å². The van der Waals surface area contributed by atoms with Crippen molar-refractivity contribution in [3.8, 4) is 0 Å². The van der Waals surface area contributed by atoms with Crippen molar-refractivity contribution in [3.63, 3.8) is 0 Å². The zero-order valence-electron chi connectivity index (χ0n) is 31.8. The highest BCUT2D eigenvalue weighted by atomic mass is 16.6. The van der Waals surface area contributed by atoms with Crippen molar-refractivity contribution in [1.82, 2.24) is 0 Å². The van der Waals surface area contributed by atoms with Crippen LogP contribution in [0.25, 0.3) is 0 Å². The topological polar surface area (TPSA) is 179 Å². The lowest BCUT2D eigenvalue weighted by Crippen LogP contribution is -2.15. The van der Waals surface area contributed by atoms with Crippen LogP contribution in [0.4, 0.5) is 0 Å². The van der Waals surface area contributed by atoms with E-state index in [9.17, 15) is 4.79 Å². The van der Waals surface area contributed by atoms with Gasteiger partial charge >= 0.3 is 5.97 Å². The molecule has 0 aliphatic carbocycles. The Kier molecular flexibility index (Phi) is 52.1. The number of carbonyl (C=O) groups is 1. The van der Waals surface area contributed by atoms with Crippen molar-refractivity contribution in [3.05, 3.63) is 0 Å². The molecule has 0 bridgehead atoms. The Morgan fingerprint density at radius 1 is 0.333 bits per heavy atom. The Balaban J connectivity index is 0. The zero-order valence-corrected chi connectivity index (χ0v) is 31.8. The minimum atomic E-state index is -0.659. The summed E-state index contributed by atoms with van der Waals surface area (Å²) in [5.41, 5.74) is 0. The number of aliphatic hydroxyl groups is 2. The largest absolute Gasteiger partial charge is 0.481 e. The van der Waals surface area contributed by atoms with Gasteiger partial charge in [0.25, 0.3) is 0 Å². The van der Waals surface area contributed by atoms with Crippen molar-refractivity contribution in [2.75, 3.05) is 159 Å². The van der Waals surface area contributed by atoms with Crippen molar-refractivity contribution < 1.29 is 72.2 Å². The van der Waals surface area contributed by atoms with Gasteiger partial charge in [-0.3, -0.25) is 4.79 Å². The monoisotopic (exact) mass is 747 g/mol. The van der Waals surface area contributed by atoms with Crippen LogP contribution in [0.2, 0.25) is 0 Å². The fraction of sp³-hybridized carbons (Fsp3) is 0.972. The third-order valence-electron chi connectivity index (χ3n) is 6.69. The van der Waals surface area contributed by atoms with Crippen LogP contribution in [0.1, 0.15) is 71.1 Å². The smallest absolute Gasteiger partial charge is 0.303 e. The number of unbranched alkanes of at least 4 members (excludes halogenated alkanes) is 8. The van der Waals surface area contributed by atoms with Crippen LogP contribution in [0, 0.1) is 0 Å². The summed E-state index contributed by atoms with van der Waals surface area (Å²) in [4.78, 5) is 10.2. The SMILES string of the molecule is CCCCCCCCCCCC(=O)O.OCCOCCOCCOCCOCCOCCOCCOCCOCCOCCOCCOCCO. The summed E-state index contributed by atoms with van der Waals surface area (Å²) in [6.45, 7) is 12.9. The number of carboxylic acids is 1. The van der Waals surface area contributed by atoms with Gasteiger partial charge in [0.05, 0.1) is 159 Å². The van der Waals surface area contributed by atoms with E-state index in [2.05, 4.69) is 6.92 Å². The molecule has 0 aliphatic heterocycles. The molecule has 308 valence electrons. The minimum absolute atomic E-state index is 0.0253. The lowest BCUT2D eigenvalue weighted by atomic mass is 10.1. The molecule has 0 unspecified atom stereocenters. The molecule has 0 aromatic rings. The third-order valence-corrected chi connectivity index (χ3v) is 6.69. The molecule has 0 amide bonds. The highest BCUT2D eigenvalue weighted by Crippen LogP contribution is 2.10. The fourth-order valence-electron chi connectivity index (χ4n) is 4.02. The molecule has 0 aromatic heterocycles. The normalized spacial score (nSPS) is 11.2. The predicted octanol–water partition coefficient (Wildman–Crippen LogP) is 3.15. The molecule has 15 heteroatoms. The lowest BCUT2D eigenvalue weighted by Gasteiger charge is -2.09. The molecule has 0 aromatic carbocycles. The lowest BCUT2D eigenvalue weighted by molar-refractivity contribution is -0.137. The molecule has 0 radical (unpaired) electrons. The van der Waals surface area contributed by atoms with Crippen molar-refractivity contribution >= 4 is 5.97 Å². The molecule has 0 rings (SSSR count). The Morgan fingerprint density at radius 2 is 0.529 bits per heavy atom. The average Bonchev–Trinajstić information content (AvgIpc) is 3.13. The van der Waals surface area contributed by atoms with Crippen LogP contribution < -0.4 is 0 Å².